The lowest BCUT2D eigenvalue weighted by molar-refractivity contribution is -0.132. The second kappa shape index (κ2) is 9.91. The van der Waals surface area contributed by atoms with Gasteiger partial charge in [0.05, 0.1) is 6.20 Å². The molecule has 0 bridgehead atoms. The van der Waals surface area contributed by atoms with E-state index in [1.54, 1.807) is 12.4 Å². The zero-order valence-corrected chi connectivity index (χ0v) is 19.5. The summed E-state index contributed by atoms with van der Waals surface area (Å²) >= 11 is 0. The SMILES string of the molecule is Cc1ccc(-c2nc3cnccn3c2NCCC(=O)N2CCC(N3CCCCC3)CC2)cc1. The topological polar surface area (TPSA) is 65.8 Å². The van der Waals surface area contributed by atoms with Crippen LogP contribution in [0, 0.1) is 6.92 Å². The summed E-state index contributed by atoms with van der Waals surface area (Å²) in [5.41, 5.74) is 3.95. The fourth-order valence-electron chi connectivity index (χ4n) is 5.20. The number of anilines is 1. The van der Waals surface area contributed by atoms with Crippen LogP contribution in [0.25, 0.3) is 16.9 Å². The van der Waals surface area contributed by atoms with E-state index in [9.17, 15) is 4.79 Å². The standard InChI is InChI=1S/C26H34N6O/c1-20-5-7-21(8-6-20)25-26(32-18-13-27-19-23(32)29-25)28-12-9-24(33)31-16-10-22(11-17-31)30-14-3-2-4-15-30/h5-8,13,18-19,22,28H,2-4,9-12,14-17H2,1H3. The minimum Gasteiger partial charge on any atom is -0.369 e. The van der Waals surface area contributed by atoms with Crippen LogP contribution in [0.2, 0.25) is 0 Å². The molecule has 3 aromatic rings. The van der Waals surface area contributed by atoms with Crippen molar-refractivity contribution in [1.29, 1.82) is 0 Å². The lowest BCUT2D eigenvalue weighted by Gasteiger charge is -2.40. The van der Waals surface area contributed by atoms with Gasteiger partial charge in [-0.3, -0.25) is 14.2 Å². The molecule has 0 radical (unpaired) electrons. The molecule has 0 aliphatic carbocycles. The van der Waals surface area contributed by atoms with E-state index in [4.69, 9.17) is 4.98 Å². The smallest absolute Gasteiger partial charge is 0.224 e. The fourth-order valence-corrected chi connectivity index (χ4v) is 5.20. The molecule has 7 heteroatoms. The minimum atomic E-state index is 0.243. The van der Waals surface area contributed by atoms with Crippen molar-refractivity contribution in [2.75, 3.05) is 38.0 Å². The van der Waals surface area contributed by atoms with Gasteiger partial charge in [0.1, 0.15) is 11.5 Å². The average molecular weight is 447 g/mol. The molecule has 7 nitrogen and oxygen atoms in total. The molecular weight excluding hydrogens is 412 g/mol. The summed E-state index contributed by atoms with van der Waals surface area (Å²) in [5, 5.41) is 3.50. The molecule has 0 spiro atoms. The number of hydrogen-bond donors (Lipinski definition) is 1. The maximum absolute atomic E-state index is 12.9. The van der Waals surface area contributed by atoms with Crippen LogP contribution in [-0.4, -0.2) is 68.8 Å². The van der Waals surface area contributed by atoms with Crippen molar-refractivity contribution in [1.82, 2.24) is 24.2 Å². The lowest BCUT2D eigenvalue weighted by Crippen LogP contribution is -2.48. The maximum Gasteiger partial charge on any atom is 0.224 e. The van der Waals surface area contributed by atoms with Crippen molar-refractivity contribution in [3.63, 3.8) is 0 Å². The number of hydrogen-bond acceptors (Lipinski definition) is 5. The first kappa shape index (κ1) is 21.9. The van der Waals surface area contributed by atoms with Crippen LogP contribution in [-0.2, 0) is 4.79 Å². The third-order valence-corrected chi connectivity index (χ3v) is 7.11. The maximum atomic E-state index is 12.9. The number of nitrogens with zero attached hydrogens (tertiary/aromatic N) is 5. The Bertz CT molecular complexity index is 1080. The van der Waals surface area contributed by atoms with Gasteiger partial charge in [-0.05, 0) is 45.7 Å². The summed E-state index contributed by atoms with van der Waals surface area (Å²) in [4.78, 5) is 26.6. The highest BCUT2D eigenvalue weighted by atomic mass is 16.2. The van der Waals surface area contributed by atoms with E-state index in [2.05, 4.69) is 51.3 Å². The monoisotopic (exact) mass is 446 g/mol. The van der Waals surface area contributed by atoms with Crippen molar-refractivity contribution in [2.24, 2.45) is 0 Å². The molecule has 0 atom stereocenters. The Kier molecular flexibility index (Phi) is 6.58. The number of rotatable bonds is 6. The van der Waals surface area contributed by atoms with Crippen LogP contribution in [0.5, 0.6) is 0 Å². The third kappa shape index (κ3) is 4.88. The van der Waals surface area contributed by atoms with E-state index in [1.165, 1.54) is 37.9 Å². The number of nitrogens with one attached hydrogen (secondary N) is 1. The Morgan fingerprint density at radius 3 is 2.58 bits per heavy atom. The number of fused-ring (bicyclic) bond motifs is 1. The molecule has 5 rings (SSSR count). The zero-order chi connectivity index (χ0) is 22.6. The zero-order valence-electron chi connectivity index (χ0n) is 19.5. The van der Waals surface area contributed by atoms with Gasteiger partial charge >= 0.3 is 0 Å². The van der Waals surface area contributed by atoms with Gasteiger partial charge in [-0.25, -0.2) is 4.98 Å². The lowest BCUT2D eigenvalue weighted by atomic mass is 10.00. The summed E-state index contributed by atoms with van der Waals surface area (Å²) < 4.78 is 2.01. The number of carbonyl (C=O) groups excluding carboxylic acids is 1. The van der Waals surface area contributed by atoms with E-state index in [0.717, 1.165) is 48.7 Å². The van der Waals surface area contributed by atoms with Crippen LogP contribution in [0.4, 0.5) is 5.82 Å². The van der Waals surface area contributed by atoms with Crippen LogP contribution >= 0.6 is 0 Å². The Morgan fingerprint density at radius 1 is 1.06 bits per heavy atom. The summed E-state index contributed by atoms with van der Waals surface area (Å²) in [5.74, 6) is 1.15. The Hall–Kier alpha value is -2.93. The molecule has 2 fully saturated rings. The molecule has 1 aromatic carbocycles. The number of amides is 1. The summed E-state index contributed by atoms with van der Waals surface area (Å²) in [6.45, 7) is 6.91. The molecule has 2 saturated heterocycles. The van der Waals surface area contributed by atoms with Gasteiger partial charge in [-0.15, -0.1) is 0 Å². The second-order valence-electron chi connectivity index (χ2n) is 9.36. The summed E-state index contributed by atoms with van der Waals surface area (Å²) in [6.07, 6.45) is 12.2. The third-order valence-electron chi connectivity index (χ3n) is 7.11. The molecular formula is C26H34N6O. The quantitative estimate of drug-likeness (QED) is 0.620. The number of piperidine rings is 2. The Labute approximate surface area is 195 Å². The molecule has 1 amide bonds. The number of likely N-dealkylation sites (tertiary alicyclic amines) is 2. The predicted molar refractivity (Wildman–Crippen MR) is 131 cm³/mol. The predicted octanol–water partition coefficient (Wildman–Crippen LogP) is 3.98. The molecule has 2 aliphatic rings. The van der Waals surface area contributed by atoms with Crippen molar-refractivity contribution in [2.45, 2.75) is 51.5 Å². The number of carbonyl (C=O) groups is 1. The van der Waals surface area contributed by atoms with Crippen molar-refractivity contribution in [3.05, 3.63) is 48.4 Å². The first-order chi connectivity index (χ1) is 16.2. The summed E-state index contributed by atoms with van der Waals surface area (Å²) in [6, 6.07) is 9.04. The number of imidazole rings is 1. The number of aromatic nitrogens is 3. The van der Waals surface area contributed by atoms with Crippen LogP contribution in [0.1, 0.15) is 44.1 Å². The first-order valence-corrected chi connectivity index (χ1v) is 12.3. The molecule has 2 aliphatic heterocycles. The highest BCUT2D eigenvalue weighted by molar-refractivity contribution is 5.79. The van der Waals surface area contributed by atoms with Crippen molar-refractivity contribution in [3.8, 4) is 11.3 Å². The van der Waals surface area contributed by atoms with Gasteiger partial charge in [0.15, 0.2) is 5.65 Å². The van der Waals surface area contributed by atoms with E-state index >= 15 is 0 Å². The van der Waals surface area contributed by atoms with Gasteiger partial charge in [-0.1, -0.05) is 36.2 Å². The molecule has 1 N–H and O–H groups in total. The van der Waals surface area contributed by atoms with Crippen molar-refractivity contribution >= 4 is 17.4 Å². The second-order valence-corrected chi connectivity index (χ2v) is 9.36. The van der Waals surface area contributed by atoms with Gasteiger partial charge < -0.3 is 15.1 Å². The largest absolute Gasteiger partial charge is 0.369 e. The van der Waals surface area contributed by atoms with Gasteiger partial charge in [0.25, 0.3) is 0 Å². The molecule has 4 heterocycles. The van der Waals surface area contributed by atoms with Crippen LogP contribution in [0.15, 0.2) is 42.9 Å². The first-order valence-electron chi connectivity index (χ1n) is 12.3. The van der Waals surface area contributed by atoms with E-state index < -0.39 is 0 Å². The molecule has 33 heavy (non-hydrogen) atoms. The number of benzene rings is 1. The molecule has 2 aromatic heterocycles. The molecule has 0 saturated carbocycles. The minimum absolute atomic E-state index is 0.243. The average Bonchev–Trinajstić information content (AvgIpc) is 3.23. The fraction of sp³-hybridized carbons (Fsp3) is 0.500. The Balaban J connectivity index is 1.20. The van der Waals surface area contributed by atoms with Gasteiger partial charge in [-0.2, -0.15) is 0 Å². The van der Waals surface area contributed by atoms with Gasteiger partial charge in [0.2, 0.25) is 5.91 Å². The highest BCUT2D eigenvalue weighted by Crippen LogP contribution is 2.29. The van der Waals surface area contributed by atoms with Crippen LogP contribution < -0.4 is 5.32 Å². The normalized spacial score (nSPS) is 18.0. The van der Waals surface area contributed by atoms with Gasteiger partial charge in [0, 0.05) is 50.1 Å². The number of aryl methyl sites for hydroxylation is 1. The molecule has 174 valence electrons. The Morgan fingerprint density at radius 2 is 1.82 bits per heavy atom. The van der Waals surface area contributed by atoms with E-state index in [1.807, 2.05) is 10.6 Å². The van der Waals surface area contributed by atoms with E-state index in [0.29, 0.717) is 19.0 Å². The van der Waals surface area contributed by atoms with E-state index in [-0.39, 0.29) is 5.91 Å². The molecule has 0 unspecified atom stereocenters. The summed E-state index contributed by atoms with van der Waals surface area (Å²) in [7, 11) is 0. The van der Waals surface area contributed by atoms with Crippen LogP contribution in [0.3, 0.4) is 0 Å². The highest BCUT2D eigenvalue weighted by Gasteiger charge is 2.27. The van der Waals surface area contributed by atoms with Crippen molar-refractivity contribution < 1.29 is 4.79 Å².